The number of Topliss-reactive ketones (excluding diaryl/α,β-unsaturated/α-hetero) is 3. The smallest absolute Gasteiger partial charge is 0.315 e. The van der Waals surface area contributed by atoms with E-state index in [9.17, 15) is 39.6 Å². The van der Waals surface area contributed by atoms with Crippen molar-refractivity contribution in [2.75, 3.05) is 7.11 Å². The summed E-state index contributed by atoms with van der Waals surface area (Å²) in [4.78, 5) is 53.5. The van der Waals surface area contributed by atoms with E-state index < -0.39 is 62.8 Å². The summed E-state index contributed by atoms with van der Waals surface area (Å²) in [5.74, 6) is -4.98. The number of hydrogen-bond acceptors (Lipinski definition) is 10. The van der Waals surface area contributed by atoms with Crippen molar-refractivity contribution in [3.8, 4) is 28.4 Å². The molecule has 0 saturated heterocycles. The van der Waals surface area contributed by atoms with Crippen LogP contribution in [0.4, 0.5) is 0 Å². The number of hydrogen-bond donors (Lipinski definition) is 4. The summed E-state index contributed by atoms with van der Waals surface area (Å²) >= 11 is 0. The molecule has 4 atom stereocenters. The standard InChI is InChI=1S/C40H40O10/c1-20(2)32-34(44)30(21(3)41)36(46)40(48)37(47)33-35(45)31-27(18-38(33,4)19-39(32,40)5)26(15-16-28(31)42)23-9-7-22(8-10-23)17-29(43)50-25-13-11-24(49-6)12-14-25/h7-16,20,32,42,44,47-48H,17-19H2,1-6H3/t32?,38-,39-,40+/m1/s1. The Morgan fingerprint density at radius 3 is 2.12 bits per heavy atom. The lowest BCUT2D eigenvalue weighted by Crippen LogP contribution is -2.67. The molecule has 50 heavy (non-hydrogen) atoms. The molecular formula is C40H40O10. The number of ether oxygens (including phenoxy) is 2. The minimum atomic E-state index is -2.67. The summed E-state index contributed by atoms with van der Waals surface area (Å²) in [7, 11) is 1.55. The van der Waals surface area contributed by atoms with Crippen LogP contribution in [0.15, 0.2) is 83.3 Å². The largest absolute Gasteiger partial charge is 0.511 e. The molecule has 0 amide bonds. The average Bonchev–Trinajstić information content (AvgIpc) is 3.03. The summed E-state index contributed by atoms with van der Waals surface area (Å²) in [6, 6.07) is 16.9. The van der Waals surface area contributed by atoms with E-state index in [-0.39, 0.29) is 42.1 Å². The highest BCUT2D eigenvalue weighted by molar-refractivity contribution is 6.25. The Morgan fingerprint density at radius 2 is 1.54 bits per heavy atom. The molecule has 10 heteroatoms. The minimum absolute atomic E-state index is 0.00472. The Balaban J connectivity index is 1.38. The first-order valence-electron chi connectivity index (χ1n) is 16.5. The molecule has 10 nitrogen and oxygen atoms in total. The van der Waals surface area contributed by atoms with Crippen LogP contribution in [0.1, 0.15) is 62.5 Å². The zero-order chi connectivity index (χ0) is 36.5. The zero-order valence-corrected chi connectivity index (χ0v) is 28.8. The van der Waals surface area contributed by atoms with Crippen LogP contribution in [0.5, 0.6) is 17.2 Å². The number of phenolic OH excluding ortho intramolecular Hbond substituents is 1. The second-order valence-electron chi connectivity index (χ2n) is 14.5. The van der Waals surface area contributed by atoms with Crippen molar-refractivity contribution < 1.29 is 49.1 Å². The van der Waals surface area contributed by atoms with Crippen molar-refractivity contribution in [1.82, 2.24) is 0 Å². The highest BCUT2D eigenvalue weighted by Crippen LogP contribution is 2.65. The van der Waals surface area contributed by atoms with Crippen LogP contribution in [0.2, 0.25) is 0 Å². The van der Waals surface area contributed by atoms with Crippen molar-refractivity contribution in [2.45, 2.75) is 59.5 Å². The van der Waals surface area contributed by atoms with Crippen LogP contribution < -0.4 is 9.47 Å². The van der Waals surface area contributed by atoms with Crippen molar-refractivity contribution in [3.05, 3.63) is 100 Å². The first kappa shape index (κ1) is 34.6. The number of phenols is 1. The Morgan fingerprint density at radius 1 is 0.920 bits per heavy atom. The second kappa shape index (κ2) is 12.0. The number of aliphatic hydroxyl groups excluding tert-OH is 2. The van der Waals surface area contributed by atoms with E-state index in [1.165, 1.54) is 6.07 Å². The lowest BCUT2D eigenvalue weighted by Gasteiger charge is -2.59. The van der Waals surface area contributed by atoms with Gasteiger partial charge in [-0.15, -0.1) is 0 Å². The number of carbonyl (C=O) groups excluding carboxylic acids is 4. The molecule has 1 unspecified atom stereocenters. The van der Waals surface area contributed by atoms with Crippen LogP contribution in [0.25, 0.3) is 11.1 Å². The van der Waals surface area contributed by atoms with Gasteiger partial charge in [0.05, 0.1) is 19.1 Å². The quantitative estimate of drug-likeness (QED) is 0.129. The summed E-state index contributed by atoms with van der Waals surface area (Å²) in [6.07, 6.45) is 0.144. The summed E-state index contributed by atoms with van der Waals surface area (Å²) in [5.41, 5.74) is -3.63. The molecule has 0 aromatic heterocycles. The Kier molecular flexibility index (Phi) is 8.30. The van der Waals surface area contributed by atoms with E-state index >= 15 is 0 Å². The number of benzene rings is 3. The van der Waals surface area contributed by atoms with Crippen LogP contribution in [-0.2, 0) is 27.2 Å². The first-order chi connectivity index (χ1) is 23.5. The topological polar surface area (TPSA) is 168 Å². The van der Waals surface area contributed by atoms with E-state index in [2.05, 4.69) is 0 Å². The van der Waals surface area contributed by atoms with E-state index in [1.54, 1.807) is 89.4 Å². The zero-order valence-electron chi connectivity index (χ0n) is 28.8. The molecule has 3 aromatic rings. The number of aromatic hydroxyl groups is 1. The Hall–Kier alpha value is -5.22. The molecule has 0 aliphatic heterocycles. The summed E-state index contributed by atoms with van der Waals surface area (Å²) in [6.45, 7) is 8.05. The highest BCUT2D eigenvalue weighted by atomic mass is 16.5. The van der Waals surface area contributed by atoms with Crippen molar-refractivity contribution in [1.29, 1.82) is 0 Å². The molecule has 3 aromatic carbocycles. The molecule has 260 valence electrons. The average molecular weight is 681 g/mol. The van der Waals surface area contributed by atoms with Gasteiger partial charge in [0.25, 0.3) is 0 Å². The number of rotatable bonds is 7. The van der Waals surface area contributed by atoms with Gasteiger partial charge in [-0.3, -0.25) is 19.2 Å². The van der Waals surface area contributed by atoms with Gasteiger partial charge in [-0.25, -0.2) is 0 Å². The SMILES string of the molecule is COc1ccc(OC(=O)Cc2ccc(-c3ccc(O)c4c3C[C@]3(C)C[C@]5(C)C(C(C)C)C(O)=C(C(C)=O)C(=O)[C@]5(O)C(O)=C3C4=O)cc2)cc1. The number of fused-ring (bicyclic) bond motifs is 3. The molecule has 0 spiro atoms. The van der Waals surface area contributed by atoms with Crippen LogP contribution in [0, 0.1) is 22.7 Å². The van der Waals surface area contributed by atoms with Crippen molar-refractivity contribution >= 4 is 23.3 Å². The van der Waals surface area contributed by atoms with Gasteiger partial charge in [0.2, 0.25) is 5.78 Å². The van der Waals surface area contributed by atoms with Gasteiger partial charge in [-0.2, -0.15) is 0 Å². The van der Waals surface area contributed by atoms with Gasteiger partial charge < -0.3 is 29.9 Å². The highest BCUT2D eigenvalue weighted by Gasteiger charge is 2.71. The molecular weight excluding hydrogens is 640 g/mol. The number of ketones is 3. The molecule has 0 heterocycles. The third kappa shape index (κ3) is 5.04. The predicted octanol–water partition coefficient (Wildman–Crippen LogP) is 6.17. The van der Waals surface area contributed by atoms with Crippen LogP contribution in [-0.4, -0.2) is 56.5 Å². The number of allylic oxidation sites excluding steroid dienone is 2. The van der Waals surface area contributed by atoms with E-state index in [0.717, 1.165) is 6.92 Å². The van der Waals surface area contributed by atoms with Gasteiger partial charge in [-0.05, 0) is 78.3 Å². The number of carbonyl (C=O) groups is 4. The van der Waals surface area contributed by atoms with Crippen LogP contribution >= 0.6 is 0 Å². The van der Waals surface area contributed by atoms with Gasteiger partial charge in [0.1, 0.15) is 34.3 Å². The molecule has 4 N–H and O–H groups in total. The maximum atomic E-state index is 14.4. The summed E-state index contributed by atoms with van der Waals surface area (Å²) in [5, 5.41) is 46.5. The van der Waals surface area contributed by atoms with Crippen molar-refractivity contribution in [3.63, 3.8) is 0 Å². The van der Waals surface area contributed by atoms with Crippen LogP contribution in [0.3, 0.4) is 0 Å². The Labute approximate surface area is 289 Å². The second-order valence-corrected chi connectivity index (χ2v) is 14.5. The summed E-state index contributed by atoms with van der Waals surface area (Å²) < 4.78 is 10.6. The maximum absolute atomic E-state index is 14.4. The number of methoxy groups -OCH3 is 1. The third-order valence-electron chi connectivity index (χ3n) is 10.8. The fraction of sp³-hybridized carbons (Fsp3) is 0.350. The first-order valence-corrected chi connectivity index (χ1v) is 16.5. The van der Waals surface area contributed by atoms with Crippen molar-refractivity contribution in [2.24, 2.45) is 22.7 Å². The number of aliphatic hydroxyl groups is 3. The molecule has 0 saturated carbocycles. The maximum Gasteiger partial charge on any atom is 0.315 e. The fourth-order valence-corrected chi connectivity index (χ4v) is 8.78. The third-order valence-corrected chi connectivity index (χ3v) is 10.8. The van der Waals surface area contributed by atoms with E-state index in [1.807, 2.05) is 0 Å². The van der Waals surface area contributed by atoms with Gasteiger partial charge in [0.15, 0.2) is 17.2 Å². The van der Waals surface area contributed by atoms with Gasteiger partial charge >= 0.3 is 5.97 Å². The molecule has 6 rings (SSSR count). The fourth-order valence-electron chi connectivity index (χ4n) is 8.78. The molecule has 0 fully saturated rings. The normalized spacial score (nSPS) is 26.0. The lowest BCUT2D eigenvalue weighted by atomic mass is 9.44. The lowest BCUT2D eigenvalue weighted by molar-refractivity contribution is -0.171. The molecule has 0 bridgehead atoms. The monoisotopic (exact) mass is 680 g/mol. The Bertz CT molecular complexity index is 2020. The molecule has 0 radical (unpaired) electrons. The predicted molar refractivity (Wildman–Crippen MR) is 183 cm³/mol. The van der Waals surface area contributed by atoms with Gasteiger partial charge in [0, 0.05) is 22.3 Å². The van der Waals surface area contributed by atoms with E-state index in [0.29, 0.717) is 33.8 Å². The van der Waals surface area contributed by atoms with E-state index in [4.69, 9.17) is 9.47 Å². The van der Waals surface area contributed by atoms with Gasteiger partial charge in [-0.1, -0.05) is 58.0 Å². The molecule has 3 aliphatic carbocycles. The molecule has 3 aliphatic rings. The number of esters is 1. The minimum Gasteiger partial charge on any atom is -0.511 e.